The van der Waals surface area contributed by atoms with Crippen molar-refractivity contribution in [2.45, 2.75) is 13.2 Å². The SMILES string of the molecule is C/C=C/C1OC(=O)c2ccc(cc2)C(=O)O1. The maximum absolute atomic E-state index is 11.6. The highest BCUT2D eigenvalue weighted by atomic mass is 16.7. The van der Waals surface area contributed by atoms with Crippen molar-refractivity contribution in [2.24, 2.45) is 0 Å². The molecule has 2 aliphatic heterocycles. The number of carbonyl (C=O) groups is 2. The summed E-state index contributed by atoms with van der Waals surface area (Å²) < 4.78 is 9.98. The van der Waals surface area contributed by atoms with Crippen LogP contribution in [0.5, 0.6) is 0 Å². The summed E-state index contributed by atoms with van der Waals surface area (Å²) in [4.78, 5) is 23.1. The lowest BCUT2D eigenvalue weighted by atomic mass is 10.1. The molecule has 2 aliphatic rings. The largest absolute Gasteiger partial charge is 0.418 e. The van der Waals surface area contributed by atoms with E-state index < -0.39 is 18.2 Å². The van der Waals surface area contributed by atoms with E-state index in [0.29, 0.717) is 11.1 Å². The van der Waals surface area contributed by atoms with Gasteiger partial charge in [-0.15, -0.1) is 0 Å². The molecule has 16 heavy (non-hydrogen) atoms. The zero-order valence-electron chi connectivity index (χ0n) is 8.67. The molecule has 2 bridgehead atoms. The number of rotatable bonds is 1. The normalized spacial score (nSPS) is 16.6. The molecule has 4 nitrogen and oxygen atoms in total. The Balaban J connectivity index is 2.38. The summed E-state index contributed by atoms with van der Waals surface area (Å²) in [6.45, 7) is 1.75. The Morgan fingerprint density at radius 3 is 1.81 bits per heavy atom. The third-order valence-corrected chi connectivity index (χ3v) is 2.15. The molecule has 0 aromatic heterocycles. The lowest BCUT2D eigenvalue weighted by Gasteiger charge is -2.12. The van der Waals surface area contributed by atoms with Crippen LogP contribution in [0.3, 0.4) is 0 Å². The molecule has 0 amide bonds. The highest BCUT2D eigenvalue weighted by molar-refractivity contribution is 5.94. The van der Waals surface area contributed by atoms with Crippen molar-refractivity contribution in [2.75, 3.05) is 0 Å². The van der Waals surface area contributed by atoms with Crippen LogP contribution >= 0.6 is 0 Å². The molecule has 82 valence electrons. The van der Waals surface area contributed by atoms with Crippen molar-refractivity contribution < 1.29 is 19.1 Å². The van der Waals surface area contributed by atoms with Gasteiger partial charge in [-0.3, -0.25) is 0 Å². The lowest BCUT2D eigenvalue weighted by molar-refractivity contribution is -0.0539. The lowest BCUT2D eigenvalue weighted by Crippen LogP contribution is -2.21. The summed E-state index contributed by atoms with van der Waals surface area (Å²) in [6, 6.07) is 6.15. The predicted molar refractivity (Wildman–Crippen MR) is 55.9 cm³/mol. The molecular weight excluding hydrogens is 208 g/mol. The van der Waals surface area contributed by atoms with E-state index in [1.807, 2.05) is 0 Å². The van der Waals surface area contributed by atoms with Crippen LogP contribution in [-0.4, -0.2) is 18.2 Å². The molecule has 1 aromatic carbocycles. The minimum Gasteiger partial charge on any atom is -0.418 e. The molecule has 1 aromatic rings. The summed E-state index contributed by atoms with van der Waals surface area (Å²) in [6.07, 6.45) is 2.19. The fourth-order valence-corrected chi connectivity index (χ4v) is 1.35. The van der Waals surface area contributed by atoms with E-state index >= 15 is 0 Å². The van der Waals surface area contributed by atoms with E-state index in [2.05, 4.69) is 0 Å². The van der Waals surface area contributed by atoms with Gasteiger partial charge in [-0.2, -0.15) is 0 Å². The van der Waals surface area contributed by atoms with Gasteiger partial charge in [0.2, 0.25) is 0 Å². The Morgan fingerprint density at radius 2 is 1.44 bits per heavy atom. The number of fused-ring (bicyclic) bond motifs is 6. The standard InChI is InChI=1S/C12H10O4/c1-2-3-10-15-11(13)8-4-5-9(7-6-8)12(14)16-10/h2-7,10H,1H3/b3-2+. The number of esters is 2. The van der Waals surface area contributed by atoms with Crippen molar-refractivity contribution >= 4 is 11.9 Å². The topological polar surface area (TPSA) is 52.6 Å². The van der Waals surface area contributed by atoms with Gasteiger partial charge in [0, 0.05) is 0 Å². The van der Waals surface area contributed by atoms with Gasteiger partial charge in [-0.05, 0) is 37.3 Å². The third kappa shape index (κ3) is 1.95. The second-order valence-electron chi connectivity index (χ2n) is 3.28. The first kappa shape index (κ1) is 10.4. The second kappa shape index (κ2) is 4.18. The molecule has 3 rings (SSSR count). The fourth-order valence-electron chi connectivity index (χ4n) is 1.35. The summed E-state index contributed by atoms with van der Waals surface area (Å²) in [5.74, 6) is -1.02. The van der Waals surface area contributed by atoms with Gasteiger partial charge in [0.05, 0.1) is 11.1 Å². The first-order valence-electron chi connectivity index (χ1n) is 4.85. The number of benzene rings is 1. The second-order valence-corrected chi connectivity index (χ2v) is 3.28. The third-order valence-electron chi connectivity index (χ3n) is 2.15. The summed E-state index contributed by atoms with van der Waals surface area (Å²) in [5, 5.41) is 0. The average molecular weight is 218 g/mol. The summed E-state index contributed by atoms with van der Waals surface area (Å²) in [5.41, 5.74) is 0.799. The molecule has 0 unspecified atom stereocenters. The molecule has 0 aliphatic carbocycles. The molecule has 2 heterocycles. The number of hydrogen-bond acceptors (Lipinski definition) is 4. The minimum absolute atomic E-state index is 0.400. The van der Waals surface area contributed by atoms with Crippen molar-refractivity contribution in [3.8, 4) is 0 Å². The first-order chi connectivity index (χ1) is 7.70. The first-order valence-corrected chi connectivity index (χ1v) is 4.85. The van der Waals surface area contributed by atoms with Crippen LogP contribution in [0.25, 0.3) is 0 Å². The van der Waals surface area contributed by atoms with Crippen LogP contribution in [0.4, 0.5) is 0 Å². The number of hydrogen-bond donors (Lipinski definition) is 0. The Kier molecular flexibility index (Phi) is 2.72. The summed E-state index contributed by atoms with van der Waals surface area (Å²) in [7, 11) is 0. The predicted octanol–water partition coefficient (Wildman–Crippen LogP) is 1.92. The smallest absolute Gasteiger partial charge is 0.341 e. The van der Waals surface area contributed by atoms with Gasteiger partial charge < -0.3 is 9.47 Å². The summed E-state index contributed by atoms with van der Waals surface area (Å²) >= 11 is 0. The van der Waals surface area contributed by atoms with Crippen LogP contribution in [-0.2, 0) is 9.47 Å². The molecule has 0 radical (unpaired) electrons. The molecule has 0 saturated heterocycles. The molecule has 4 heteroatoms. The van der Waals surface area contributed by atoms with Crippen LogP contribution in [0.2, 0.25) is 0 Å². The minimum atomic E-state index is -0.963. The van der Waals surface area contributed by atoms with Crippen LogP contribution in [0.15, 0.2) is 36.4 Å². The van der Waals surface area contributed by atoms with Gasteiger partial charge in [-0.1, -0.05) is 6.08 Å². The quantitative estimate of drug-likeness (QED) is 0.533. The number of ether oxygens (including phenoxy) is 2. The van der Waals surface area contributed by atoms with Crippen molar-refractivity contribution in [3.63, 3.8) is 0 Å². The molecular formula is C12H10O4. The van der Waals surface area contributed by atoms with E-state index in [1.54, 1.807) is 13.0 Å². The van der Waals surface area contributed by atoms with Crippen molar-refractivity contribution in [1.29, 1.82) is 0 Å². The highest BCUT2D eigenvalue weighted by Gasteiger charge is 2.21. The number of carbonyl (C=O) groups excluding carboxylic acids is 2. The fraction of sp³-hybridized carbons (Fsp3) is 0.167. The average Bonchev–Trinajstić information content (AvgIpc) is 2.36. The van der Waals surface area contributed by atoms with E-state index in [0.717, 1.165) is 0 Å². The highest BCUT2D eigenvalue weighted by Crippen LogP contribution is 2.14. The Morgan fingerprint density at radius 1 is 1.00 bits per heavy atom. The van der Waals surface area contributed by atoms with Crippen LogP contribution in [0, 0.1) is 0 Å². The zero-order valence-corrected chi connectivity index (χ0v) is 8.67. The van der Waals surface area contributed by atoms with Crippen molar-refractivity contribution in [1.82, 2.24) is 0 Å². The van der Waals surface area contributed by atoms with Gasteiger partial charge in [-0.25, -0.2) is 9.59 Å². The van der Waals surface area contributed by atoms with E-state index in [4.69, 9.17) is 9.47 Å². The van der Waals surface area contributed by atoms with Gasteiger partial charge >= 0.3 is 11.9 Å². The van der Waals surface area contributed by atoms with Crippen molar-refractivity contribution in [3.05, 3.63) is 47.5 Å². The maximum Gasteiger partial charge on any atom is 0.341 e. The van der Waals surface area contributed by atoms with Crippen LogP contribution in [0.1, 0.15) is 27.6 Å². The Bertz CT molecular complexity index is 408. The van der Waals surface area contributed by atoms with E-state index in [1.165, 1.54) is 30.3 Å². The zero-order chi connectivity index (χ0) is 11.5. The monoisotopic (exact) mass is 218 g/mol. The molecule has 0 N–H and O–H groups in total. The van der Waals surface area contributed by atoms with Gasteiger partial charge in [0.15, 0.2) is 0 Å². The van der Waals surface area contributed by atoms with Gasteiger partial charge in [0.25, 0.3) is 6.29 Å². The van der Waals surface area contributed by atoms with E-state index in [9.17, 15) is 9.59 Å². The molecule has 0 saturated carbocycles. The maximum atomic E-state index is 11.6. The van der Waals surface area contributed by atoms with Gasteiger partial charge in [0.1, 0.15) is 0 Å². The molecule has 0 atom stereocenters. The number of allylic oxidation sites excluding steroid dienone is 1. The van der Waals surface area contributed by atoms with E-state index in [-0.39, 0.29) is 0 Å². The Labute approximate surface area is 92.5 Å². The molecule has 0 fully saturated rings. The van der Waals surface area contributed by atoms with Crippen LogP contribution < -0.4 is 0 Å². The molecule has 0 spiro atoms. The Hall–Kier alpha value is -2.10.